The van der Waals surface area contributed by atoms with Gasteiger partial charge in [0.15, 0.2) is 0 Å². The monoisotopic (exact) mass is 358 g/mol. The first-order valence-electron chi connectivity index (χ1n) is 9.41. The zero-order valence-corrected chi connectivity index (χ0v) is 15.0. The van der Waals surface area contributed by atoms with E-state index in [9.17, 15) is 4.79 Å². The van der Waals surface area contributed by atoms with Crippen LogP contribution in [-0.4, -0.2) is 45.1 Å². The number of hydrogen-bond acceptors (Lipinski definition) is 7. The van der Waals surface area contributed by atoms with E-state index in [1.807, 2.05) is 0 Å². The molecule has 0 radical (unpaired) electrons. The Bertz CT molecular complexity index is 667. The van der Waals surface area contributed by atoms with Crippen molar-refractivity contribution in [1.82, 2.24) is 30.7 Å². The van der Waals surface area contributed by atoms with Crippen molar-refractivity contribution < 1.29 is 9.32 Å². The number of rotatable bonds is 8. The molecular weight excluding hydrogens is 332 g/mol. The van der Waals surface area contributed by atoms with Gasteiger partial charge in [0.25, 0.3) is 0 Å². The fourth-order valence-corrected chi connectivity index (χ4v) is 3.13. The molecule has 2 N–H and O–H groups in total. The molecule has 1 aliphatic carbocycles. The number of aryl methyl sites for hydroxylation is 1. The smallest absolute Gasteiger partial charge is 0.240 e. The molecule has 0 spiro atoms. The third-order valence-electron chi connectivity index (χ3n) is 4.54. The second kappa shape index (κ2) is 9.96. The van der Waals surface area contributed by atoms with Crippen LogP contribution < -0.4 is 10.6 Å². The van der Waals surface area contributed by atoms with Gasteiger partial charge < -0.3 is 15.2 Å². The number of hydrogen-bond donors (Lipinski definition) is 2. The quantitative estimate of drug-likeness (QED) is 0.548. The third-order valence-corrected chi connectivity index (χ3v) is 4.54. The molecule has 2 aromatic rings. The van der Waals surface area contributed by atoms with Crippen LogP contribution in [0.5, 0.6) is 0 Å². The summed E-state index contributed by atoms with van der Waals surface area (Å²) < 4.78 is 5.15. The number of carbonyl (C=O) groups is 1. The van der Waals surface area contributed by atoms with E-state index in [1.54, 1.807) is 18.5 Å². The summed E-state index contributed by atoms with van der Waals surface area (Å²) in [6, 6.07) is 2.32. The summed E-state index contributed by atoms with van der Waals surface area (Å²) >= 11 is 0. The van der Waals surface area contributed by atoms with Gasteiger partial charge in [-0.15, -0.1) is 0 Å². The topological polar surface area (TPSA) is 106 Å². The van der Waals surface area contributed by atoms with Crippen molar-refractivity contribution in [3.8, 4) is 11.6 Å². The van der Waals surface area contributed by atoms with E-state index in [1.165, 1.54) is 38.5 Å². The van der Waals surface area contributed by atoms with Crippen molar-refractivity contribution in [3.63, 3.8) is 0 Å². The molecular formula is C18H26N6O2. The highest BCUT2D eigenvalue weighted by Gasteiger charge is 2.13. The molecule has 2 aromatic heterocycles. The lowest BCUT2D eigenvalue weighted by Gasteiger charge is -2.16. The van der Waals surface area contributed by atoms with Crippen molar-refractivity contribution in [2.45, 2.75) is 57.4 Å². The predicted molar refractivity (Wildman–Crippen MR) is 96.1 cm³/mol. The molecule has 0 atom stereocenters. The zero-order chi connectivity index (χ0) is 18.0. The number of carbonyl (C=O) groups excluding carboxylic acids is 1. The second-order valence-corrected chi connectivity index (χ2v) is 6.58. The molecule has 2 heterocycles. The summed E-state index contributed by atoms with van der Waals surface area (Å²) in [6.45, 7) is 1.45. The van der Waals surface area contributed by atoms with Gasteiger partial charge in [0, 0.05) is 44.4 Å². The molecule has 8 nitrogen and oxygen atoms in total. The summed E-state index contributed by atoms with van der Waals surface area (Å²) in [5, 5.41) is 10.3. The average molecular weight is 358 g/mol. The first-order chi connectivity index (χ1) is 12.8. The van der Waals surface area contributed by atoms with Crippen LogP contribution in [0.2, 0.25) is 0 Å². The van der Waals surface area contributed by atoms with Crippen LogP contribution in [0.4, 0.5) is 0 Å². The maximum Gasteiger partial charge on any atom is 0.240 e. The molecule has 8 heteroatoms. The van der Waals surface area contributed by atoms with Crippen LogP contribution in [0.3, 0.4) is 0 Å². The summed E-state index contributed by atoms with van der Waals surface area (Å²) in [4.78, 5) is 24.3. The van der Waals surface area contributed by atoms with Gasteiger partial charge in [0.1, 0.15) is 0 Å². The van der Waals surface area contributed by atoms with Crippen LogP contribution in [0.1, 0.15) is 50.8 Å². The largest absolute Gasteiger partial charge is 0.355 e. The SMILES string of the molecule is O=C(CCc1nc(-c2ncccn2)no1)NCCNC1CCCCCC1. The Kier molecular flexibility index (Phi) is 7.06. The van der Waals surface area contributed by atoms with Crippen molar-refractivity contribution in [2.24, 2.45) is 0 Å². The van der Waals surface area contributed by atoms with Gasteiger partial charge in [-0.25, -0.2) is 9.97 Å². The molecule has 0 aromatic carbocycles. The minimum atomic E-state index is -0.0108. The Morgan fingerprint density at radius 1 is 1.08 bits per heavy atom. The normalized spacial score (nSPS) is 15.5. The molecule has 26 heavy (non-hydrogen) atoms. The molecule has 3 rings (SSSR count). The molecule has 1 aliphatic rings. The molecule has 0 saturated heterocycles. The molecule has 1 amide bonds. The first kappa shape index (κ1) is 18.4. The first-order valence-corrected chi connectivity index (χ1v) is 9.41. The predicted octanol–water partition coefficient (Wildman–Crippen LogP) is 1.89. The number of nitrogens with one attached hydrogen (secondary N) is 2. The summed E-state index contributed by atoms with van der Waals surface area (Å²) in [5.74, 6) is 1.16. The highest BCUT2D eigenvalue weighted by molar-refractivity contribution is 5.76. The summed E-state index contributed by atoms with van der Waals surface area (Å²) in [5.41, 5.74) is 0. The Balaban J connectivity index is 1.32. The maximum atomic E-state index is 11.9. The standard InChI is InChI=1S/C18H26N6O2/c25-15(20-13-12-19-14-6-3-1-2-4-7-14)8-9-16-23-18(24-26-16)17-21-10-5-11-22-17/h5,10-11,14,19H,1-4,6-9,12-13H2,(H,20,25). The van der Waals surface area contributed by atoms with Crippen molar-refractivity contribution >= 4 is 5.91 Å². The molecule has 140 valence electrons. The van der Waals surface area contributed by atoms with Crippen molar-refractivity contribution in [2.75, 3.05) is 13.1 Å². The van der Waals surface area contributed by atoms with E-state index in [0.29, 0.717) is 43.0 Å². The van der Waals surface area contributed by atoms with E-state index in [0.717, 1.165) is 6.54 Å². The zero-order valence-electron chi connectivity index (χ0n) is 15.0. The Morgan fingerprint density at radius 2 is 1.85 bits per heavy atom. The van der Waals surface area contributed by atoms with Crippen LogP contribution in [0, 0.1) is 0 Å². The highest BCUT2D eigenvalue weighted by Crippen LogP contribution is 2.16. The van der Waals surface area contributed by atoms with Gasteiger partial charge in [0.05, 0.1) is 0 Å². The summed E-state index contributed by atoms with van der Waals surface area (Å²) in [6.07, 6.45) is 11.8. The van der Waals surface area contributed by atoms with Gasteiger partial charge in [-0.1, -0.05) is 30.8 Å². The van der Waals surface area contributed by atoms with Gasteiger partial charge in [-0.3, -0.25) is 4.79 Å². The van der Waals surface area contributed by atoms with Gasteiger partial charge in [-0.2, -0.15) is 4.98 Å². The second-order valence-electron chi connectivity index (χ2n) is 6.58. The van der Waals surface area contributed by atoms with E-state index in [4.69, 9.17) is 4.52 Å². The minimum absolute atomic E-state index is 0.0108. The van der Waals surface area contributed by atoms with Gasteiger partial charge in [0.2, 0.25) is 23.4 Å². The minimum Gasteiger partial charge on any atom is -0.355 e. The van der Waals surface area contributed by atoms with E-state index in [2.05, 4.69) is 30.7 Å². The summed E-state index contributed by atoms with van der Waals surface area (Å²) in [7, 11) is 0. The van der Waals surface area contributed by atoms with E-state index in [-0.39, 0.29) is 5.91 Å². The fraction of sp³-hybridized carbons (Fsp3) is 0.611. The van der Waals surface area contributed by atoms with E-state index >= 15 is 0 Å². The lowest BCUT2D eigenvalue weighted by Crippen LogP contribution is -2.36. The van der Waals surface area contributed by atoms with Crippen molar-refractivity contribution in [1.29, 1.82) is 0 Å². The Labute approximate surface area is 153 Å². The van der Waals surface area contributed by atoms with Crippen LogP contribution in [-0.2, 0) is 11.2 Å². The maximum absolute atomic E-state index is 11.9. The van der Waals surface area contributed by atoms with Crippen LogP contribution in [0.25, 0.3) is 11.6 Å². The van der Waals surface area contributed by atoms with Gasteiger partial charge in [-0.05, 0) is 18.9 Å². The molecule has 1 saturated carbocycles. The molecule has 0 unspecified atom stereocenters. The van der Waals surface area contributed by atoms with E-state index < -0.39 is 0 Å². The lowest BCUT2D eigenvalue weighted by molar-refractivity contribution is -0.121. The van der Waals surface area contributed by atoms with Crippen LogP contribution >= 0.6 is 0 Å². The highest BCUT2D eigenvalue weighted by atomic mass is 16.5. The third kappa shape index (κ3) is 5.87. The number of amides is 1. The fourth-order valence-electron chi connectivity index (χ4n) is 3.13. The lowest BCUT2D eigenvalue weighted by atomic mass is 10.1. The Hall–Kier alpha value is -2.35. The number of aromatic nitrogens is 4. The average Bonchev–Trinajstić information content (AvgIpc) is 3.00. The molecule has 0 aliphatic heterocycles. The van der Waals surface area contributed by atoms with Gasteiger partial charge >= 0.3 is 0 Å². The van der Waals surface area contributed by atoms with Crippen LogP contribution in [0.15, 0.2) is 23.0 Å². The Morgan fingerprint density at radius 3 is 2.62 bits per heavy atom. The molecule has 1 fully saturated rings. The number of nitrogens with zero attached hydrogens (tertiary/aromatic N) is 4. The molecule has 0 bridgehead atoms. The van der Waals surface area contributed by atoms with Crippen molar-refractivity contribution in [3.05, 3.63) is 24.4 Å².